The third-order valence-electron chi connectivity index (χ3n) is 5.44. The molecule has 0 amide bonds. The molecule has 3 aromatic heterocycles. The maximum Gasteiger partial charge on any atom is 0.270 e. The fraction of sp³-hybridized carbons (Fsp3) is 0.292. The van der Waals surface area contributed by atoms with Crippen molar-refractivity contribution in [3.63, 3.8) is 0 Å². The molecular weight excluding hydrogens is 458 g/mol. The average molecular weight is 482 g/mol. The molecule has 0 N–H and O–H groups in total. The van der Waals surface area contributed by atoms with Crippen LogP contribution in [0.3, 0.4) is 0 Å². The molecule has 0 fully saturated rings. The molecule has 0 spiro atoms. The molecule has 5 rings (SSSR count). The number of benzene rings is 2. The lowest BCUT2D eigenvalue weighted by Crippen LogP contribution is -2.14. The van der Waals surface area contributed by atoms with E-state index >= 15 is 0 Å². The number of hydrogen-bond donors (Lipinski definition) is 0. The van der Waals surface area contributed by atoms with Gasteiger partial charge in [0.2, 0.25) is 0 Å². The van der Waals surface area contributed by atoms with Gasteiger partial charge in [-0.15, -0.1) is 0 Å². The smallest absolute Gasteiger partial charge is 0.268 e. The van der Waals surface area contributed by atoms with Crippen molar-refractivity contribution < 1.29 is 0 Å². The number of aromatic nitrogens is 3. The molecule has 0 aliphatic heterocycles. The number of hydrogen-bond acceptors (Lipinski definition) is 6. The summed E-state index contributed by atoms with van der Waals surface area (Å²) in [6.07, 6.45) is 1.91. The fourth-order valence-electron chi connectivity index (χ4n) is 3.79. The van der Waals surface area contributed by atoms with Crippen molar-refractivity contribution in [1.82, 2.24) is 12.9 Å². The van der Waals surface area contributed by atoms with Crippen LogP contribution >= 0.6 is 34.8 Å². The first-order chi connectivity index (χ1) is 15.6. The third-order valence-corrected chi connectivity index (χ3v) is 8.76. The van der Waals surface area contributed by atoms with Crippen LogP contribution in [0, 0.1) is 6.92 Å². The van der Waals surface area contributed by atoms with Crippen LogP contribution in [0.25, 0.3) is 31.2 Å². The van der Waals surface area contributed by atoms with Crippen molar-refractivity contribution in [3.8, 4) is 0 Å². The number of thioether (sulfide) groups is 1. The summed E-state index contributed by atoms with van der Waals surface area (Å²) >= 11 is 4.90. The van der Waals surface area contributed by atoms with Crippen LogP contribution < -0.4 is 11.1 Å². The Bertz CT molecular complexity index is 1530. The molecular formula is C24H23N3O2S3. The molecule has 0 aliphatic carbocycles. The summed E-state index contributed by atoms with van der Waals surface area (Å²) in [5.74, 6) is 2.00. The van der Waals surface area contributed by atoms with Gasteiger partial charge in [-0.1, -0.05) is 35.8 Å². The maximum atomic E-state index is 12.7. The van der Waals surface area contributed by atoms with Gasteiger partial charge >= 0.3 is 0 Å². The van der Waals surface area contributed by atoms with Crippen LogP contribution in [0.5, 0.6) is 0 Å². The van der Waals surface area contributed by atoms with Crippen molar-refractivity contribution in [2.24, 2.45) is 0 Å². The Kier molecular flexibility index (Phi) is 6.17. The number of aryl methyl sites for hydroxylation is 3. The van der Waals surface area contributed by atoms with Crippen LogP contribution in [0.1, 0.15) is 18.4 Å². The Morgan fingerprint density at radius 2 is 1.59 bits per heavy atom. The molecule has 0 unspecified atom stereocenters. The van der Waals surface area contributed by atoms with Gasteiger partial charge in [-0.3, -0.25) is 17.5 Å². The number of fused-ring (bicyclic) bond motifs is 3. The second-order valence-electron chi connectivity index (χ2n) is 7.85. The minimum absolute atomic E-state index is 0.0626. The second-order valence-corrected chi connectivity index (χ2v) is 11.1. The Morgan fingerprint density at radius 1 is 0.875 bits per heavy atom. The van der Waals surface area contributed by atoms with E-state index in [1.54, 1.807) is 11.5 Å². The van der Waals surface area contributed by atoms with Gasteiger partial charge in [-0.05, 0) is 72.6 Å². The zero-order valence-electron chi connectivity index (χ0n) is 17.7. The van der Waals surface area contributed by atoms with E-state index in [2.05, 4.69) is 18.0 Å². The number of nitrogens with zero attached hydrogens (tertiary/aromatic N) is 3. The summed E-state index contributed by atoms with van der Waals surface area (Å²) < 4.78 is 4.77. The zero-order chi connectivity index (χ0) is 22.1. The van der Waals surface area contributed by atoms with Crippen molar-refractivity contribution in [1.29, 1.82) is 0 Å². The molecule has 0 aliphatic rings. The summed E-state index contributed by atoms with van der Waals surface area (Å²) in [7, 11) is 0. The van der Waals surface area contributed by atoms with Crippen molar-refractivity contribution in [2.45, 2.75) is 32.9 Å². The summed E-state index contributed by atoms with van der Waals surface area (Å²) in [4.78, 5) is 30.7. The van der Waals surface area contributed by atoms with E-state index in [1.165, 1.54) is 17.1 Å². The largest absolute Gasteiger partial charge is 0.270 e. The SMILES string of the molecule is Cc1ccc2c(=O)n(CCCSCCCn3sc4nc5ccccc5cc4c3=O)sc2c1. The molecule has 3 heterocycles. The van der Waals surface area contributed by atoms with E-state index in [-0.39, 0.29) is 11.1 Å². The molecule has 8 heteroatoms. The lowest BCUT2D eigenvalue weighted by molar-refractivity contribution is 0.713. The molecule has 0 radical (unpaired) electrons. The quantitative estimate of drug-likeness (QED) is 0.274. The molecule has 2 aromatic carbocycles. The Hall–Kier alpha value is -2.42. The first kappa shape index (κ1) is 21.4. The summed E-state index contributed by atoms with van der Waals surface area (Å²) in [6.45, 7) is 3.54. The van der Waals surface area contributed by atoms with Crippen molar-refractivity contribution in [3.05, 3.63) is 74.8 Å². The van der Waals surface area contributed by atoms with Crippen LogP contribution in [0.2, 0.25) is 0 Å². The van der Waals surface area contributed by atoms with Gasteiger partial charge in [0.1, 0.15) is 4.83 Å². The van der Waals surface area contributed by atoms with Crippen molar-refractivity contribution >= 4 is 66.0 Å². The molecule has 0 saturated carbocycles. The molecule has 164 valence electrons. The number of pyridine rings is 1. The van der Waals surface area contributed by atoms with E-state index in [0.29, 0.717) is 5.39 Å². The highest BCUT2D eigenvalue weighted by Gasteiger charge is 2.10. The van der Waals surface area contributed by atoms with Crippen molar-refractivity contribution in [2.75, 3.05) is 11.5 Å². The maximum absolute atomic E-state index is 12.7. The predicted octanol–water partition coefficient (Wildman–Crippen LogP) is 5.51. The van der Waals surface area contributed by atoms with Gasteiger partial charge in [0.25, 0.3) is 11.1 Å². The zero-order valence-corrected chi connectivity index (χ0v) is 20.2. The summed E-state index contributed by atoms with van der Waals surface area (Å²) in [6, 6.07) is 15.9. The van der Waals surface area contributed by atoms with Gasteiger partial charge in [0, 0.05) is 18.5 Å². The van der Waals surface area contributed by atoms with Gasteiger partial charge < -0.3 is 0 Å². The molecule has 32 heavy (non-hydrogen) atoms. The summed E-state index contributed by atoms with van der Waals surface area (Å²) in [5.41, 5.74) is 2.30. The summed E-state index contributed by atoms with van der Waals surface area (Å²) in [5, 5.41) is 2.54. The Labute approximate surface area is 197 Å². The fourth-order valence-corrected chi connectivity index (χ4v) is 6.79. The molecule has 5 nitrogen and oxygen atoms in total. The van der Waals surface area contributed by atoms with E-state index in [4.69, 9.17) is 0 Å². The van der Waals surface area contributed by atoms with Gasteiger partial charge in [0.15, 0.2) is 0 Å². The number of rotatable bonds is 8. The Morgan fingerprint density at radius 3 is 2.41 bits per heavy atom. The van der Waals surface area contributed by atoms with Crippen LogP contribution in [0.15, 0.2) is 58.1 Å². The van der Waals surface area contributed by atoms with E-state index in [9.17, 15) is 9.59 Å². The van der Waals surface area contributed by atoms with E-state index in [0.717, 1.165) is 63.3 Å². The molecule has 5 aromatic rings. The highest BCUT2D eigenvalue weighted by atomic mass is 32.2. The van der Waals surface area contributed by atoms with E-state index < -0.39 is 0 Å². The Balaban J connectivity index is 1.12. The van der Waals surface area contributed by atoms with Gasteiger partial charge in [0.05, 0.1) is 21.0 Å². The minimum Gasteiger partial charge on any atom is -0.268 e. The average Bonchev–Trinajstić information content (AvgIpc) is 3.27. The highest BCUT2D eigenvalue weighted by Crippen LogP contribution is 2.21. The van der Waals surface area contributed by atoms with Gasteiger partial charge in [-0.2, -0.15) is 11.8 Å². The normalized spacial score (nSPS) is 11.8. The van der Waals surface area contributed by atoms with Crippen LogP contribution in [-0.2, 0) is 13.1 Å². The lowest BCUT2D eigenvalue weighted by atomic mass is 10.2. The standard InChI is InChI=1S/C24H23N3O2S3/c1-16-8-9-18-21(14-16)31-26(23(18)28)10-4-12-30-13-5-11-27-24(29)19-15-17-6-2-3-7-20(17)25-22(19)32-27/h2-3,6-9,14-15H,4-5,10-13H2,1H3. The van der Waals surface area contributed by atoms with Crippen LogP contribution in [0.4, 0.5) is 0 Å². The molecule has 0 bridgehead atoms. The van der Waals surface area contributed by atoms with Crippen LogP contribution in [-0.4, -0.2) is 24.4 Å². The topological polar surface area (TPSA) is 56.9 Å². The third kappa shape index (κ3) is 4.27. The molecule has 0 saturated heterocycles. The minimum atomic E-state index is 0.0626. The highest BCUT2D eigenvalue weighted by molar-refractivity contribution is 7.99. The second kappa shape index (κ2) is 9.21. The molecule has 0 atom stereocenters. The predicted molar refractivity (Wildman–Crippen MR) is 139 cm³/mol. The number of para-hydroxylation sites is 1. The van der Waals surface area contributed by atoms with E-state index in [1.807, 2.05) is 62.1 Å². The first-order valence-corrected chi connectivity index (χ1v) is 13.4. The van der Waals surface area contributed by atoms with Gasteiger partial charge in [-0.25, -0.2) is 4.98 Å². The first-order valence-electron chi connectivity index (χ1n) is 10.7. The monoisotopic (exact) mass is 481 g/mol. The lowest BCUT2D eigenvalue weighted by Gasteiger charge is -2.02.